The normalized spacial score (nSPS) is 11.3. The van der Waals surface area contributed by atoms with Gasteiger partial charge in [-0.3, -0.25) is 0 Å². The van der Waals surface area contributed by atoms with Crippen molar-refractivity contribution in [3.8, 4) is 11.3 Å². The van der Waals surface area contributed by atoms with Crippen LogP contribution in [-0.4, -0.2) is 14.8 Å². The van der Waals surface area contributed by atoms with E-state index in [1.807, 2.05) is 36.4 Å². The molecule has 0 unspecified atom stereocenters. The second-order valence-electron chi connectivity index (χ2n) is 5.01. The molecule has 0 aliphatic rings. The smallest absolute Gasteiger partial charge is 0.110 e. The first-order valence-corrected chi connectivity index (χ1v) is 7.54. The van der Waals surface area contributed by atoms with Gasteiger partial charge in [0.1, 0.15) is 5.52 Å². The molecule has 4 heteroatoms. The van der Waals surface area contributed by atoms with Crippen molar-refractivity contribution in [3.63, 3.8) is 0 Å². The van der Waals surface area contributed by atoms with Crippen LogP contribution < -0.4 is 0 Å². The summed E-state index contributed by atoms with van der Waals surface area (Å²) in [6.07, 6.45) is 0. The van der Waals surface area contributed by atoms with Gasteiger partial charge in [0.05, 0.1) is 15.7 Å². The lowest BCUT2D eigenvalue weighted by molar-refractivity contribution is 0.809. The maximum atomic E-state index is 4.72. The van der Waals surface area contributed by atoms with Crippen molar-refractivity contribution in [3.05, 3.63) is 64.6 Å². The van der Waals surface area contributed by atoms with Crippen LogP contribution in [-0.2, 0) is 0 Å². The van der Waals surface area contributed by atoms with Crippen LogP contribution in [0, 0.1) is 6.92 Å². The minimum atomic E-state index is 0.947. The molecule has 4 aromatic rings. The van der Waals surface area contributed by atoms with E-state index in [4.69, 9.17) is 5.10 Å². The molecule has 21 heavy (non-hydrogen) atoms. The molecule has 2 heterocycles. The van der Waals surface area contributed by atoms with Gasteiger partial charge in [0.25, 0.3) is 0 Å². The Bertz CT molecular complexity index is 958. The highest BCUT2D eigenvalue weighted by atomic mass is 79.9. The Morgan fingerprint density at radius 1 is 0.905 bits per heavy atom. The van der Waals surface area contributed by atoms with Crippen molar-refractivity contribution in [2.24, 2.45) is 0 Å². The fourth-order valence-corrected chi connectivity index (χ4v) is 3.18. The second-order valence-corrected chi connectivity index (χ2v) is 5.80. The third-order valence-corrected chi connectivity index (χ3v) is 4.67. The van der Waals surface area contributed by atoms with E-state index in [2.05, 4.69) is 46.2 Å². The Hall–Kier alpha value is -2.20. The van der Waals surface area contributed by atoms with Crippen molar-refractivity contribution < 1.29 is 0 Å². The van der Waals surface area contributed by atoms with Gasteiger partial charge in [-0.05, 0) is 34.5 Å². The van der Waals surface area contributed by atoms with Crippen LogP contribution in [0.3, 0.4) is 0 Å². The summed E-state index contributed by atoms with van der Waals surface area (Å²) in [5, 5.41) is 10.4. The van der Waals surface area contributed by atoms with E-state index < -0.39 is 0 Å². The van der Waals surface area contributed by atoms with Gasteiger partial charge < -0.3 is 0 Å². The van der Waals surface area contributed by atoms with Crippen molar-refractivity contribution in [2.45, 2.75) is 6.92 Å². The molecule has 0 spiro atoms. The molecule has 0 saturated carbocycles. The van der Waals surface area contributed by atoms with Gasteiger partial charge in [-0.2, -0.15) is 0 Å². The van der Waals surface area contributed by atoms with Crippen LogP contribution >= 0.6 is 15.9 Å². The summed E-state index contributed by atoms with van der Waals surface area (Å²) in [4.78, 5) is 0. The standard InChI is InChI=1S/C17H12BrN3/c1-11-15(18)17-13-9-5-6-10-14(13)19-21(17)20-16(11)12-7-3-2-4-8-12/h2-10H,1H3. The van der Waals surface area contributed by atoms with Crippen LogP contribution in [0.2, 0.25) is 0 Å². The highest BCUT2D eigenvalue weighted by Crippen LogP contribution is 2.33. The quantitative estimate of drug-likeness (QED) is 0.507. The molecule has 0 radical (unpaired) electrons. The van der Waals surface area contributed by atoms with Crippen LogP contribution in [0.4, 0.5) is 0 Å². The molecule has 3 nitrogen and oxygen atoms in total. The van der Waals surface area contributed by atoms with E-state index in [1.165, 1.54) is 0 Å². The summed E-state index contributed by atoms with van der Waals surface area (Å²) in [5.74, 6) is 0. The van der Waals surface area contributed by atoms with Gasteiger partial charge in [-0.1, -0.05) is 48.5 Å². The van der Waals surface area contributed by atoms with Gasteiger partial charge in [0.2, 0.25) is 0 Å². The molecule has 0 N–H and O–H groups in total. The zero-order valence-electron chi connectivity index (χ0n) is 11.4. The summed E-state index contributed by atoms with van der Waals surface area (Å²) >= 11 is 3.73. The lowest BCUT2D eigenvalue weighted by Gasteiger charge is -2.08. The van der Waals surface area contributed by atoms with Gasteiger partial charge in [-0.25, -0.2) is 0 Å². The van der Waals surface area contributed by atoms with Crippen molar-refractivity contribution in [2.75, 3.05) is 0 Å². The van der Waals surface area contributed by atoms with Crippen LogP contribution in [0.5, 0.6) is 0 Å². The molecular formula is C17H12BrN3. The third kappa shape index (κ3) is 1.87. The number of hydrogen-bond acceptors (Lipinski definition) is 2. The van der Waals surface area contributed by atoms with E-state index in [1.54, 1.807) is 4.63 Å². The fraction of sp³-hybridized carbons (Fsp3) is 0.0588. The summed E-state index contributed by atoms with van der Waals surface area (Å²) in [7, 11) is 0. The van der Waals surface area contributed by atoms with Crippen molar-refractivity contribution in [1.29, 1.82) is 0 Å². The Morgan fingerprint density at radius 3 is 2.43 bits per heavy atom. The van der Waals surface area contributed by atoms with Gasteiger partial charge in [0, 0.05) is 10.9 Å². The van der Waals surface area contributed by atoms with E-state index in [-0.39, 0.29) is 0 Å². The Morgan fingerprint density at radius 2 is 1.62 bits per heavy atom. The number of rotatable bonds is 1. The monoisotopic (exact) mass is 337 g/mol. The minimum Gasteiger partial charge on any atom is -0.150 e. The molecule has 2 aromatic heterocycles. The second kappa shape index (κ2) is 4.67. The molecular weight excluding hydrogens is 326 g/mol. The summed E-state index contributed by atoms with van der Waals surface area (Å²) < 4.78 is 2.77. The molecule has 4 rings (SSSR count). The highest BCUT2D eigenvalue weighted by Gasteiger charge is 2.15. The van der Waals surface area contributed by atoms with E-state index >= 15 is 0 Å². The highest BCUT2D eigenvalue weighted by molar-refractivity contribution is 9.10. The number of nitrogens with zero attached hydrogens (tertiary/aromatic N) is 3. The zero-order chi connectivity index (χ0) is 14.4. The summed E-state index contributed by atoms with van der Waals surface area (Å²) in [6.45, 7) is 2.08. The number of hydrogen-bond donors (Lipinski definition) is 0. The van der Waals surface area contributed by atoms with E-state index in [0.717, 1.165) is 37.7 Å². The number of halogens is 1. The van der Waals surface area contributed by atoms with Gasteiger partial charge in [0.15, 0.2) is 0 Å². The molecule has 0 aliphatic heterocycles. The first kappa shape index (κ1) is 12.5. The molecule has 0 saturated heterocycles. The van der Waals surface area contributed by atoms with E-state index in [9.17, 15) is 0 Å². The average molecular weight is 338 g/mol. The van der Waals surface area contributed by atoms with Crippen molar-refractivity contribution >= 4 is 32.3 Å². The number of fused-ring (bicyclic) bond motifs is 3. The lowest BCUT2D eigenvalue weighted by atomic mass is 10.1. The molecule has 0 fully saturated rings. The fourth-order valence-electron chi connectivity index (χ4n) is 2.62. The lowest BCUT2D eigenvalue weighted by Crippen LogP contribution is -2.00. The predicted molar refractivity (Wildman–Crippen MR) is 88.4 cm³/mol. The summed E-state index contributed by atoms with van der Waals surface area (Å²) in [6, 6.07) is 18.3. The number of aromatic nitrogens is 3. The third-order valence-electron chi connectivity index (χ3n) is 3.70. The Kier molecular flexibility index (Phi) is 2.79. The van der Waals surface area contributed by atoms with Crippen LogP contribution in [0.15, 0.2) is 59.1 Å². The van der Waals surface area contributed by atoms with Crippen molar-refractivity contribution in [1.82, 2.24) is 14.8 Å². The topological polar surface area (TPSA) is 30.2 Å². The molecule has 0 atom stereocenters. The first-order valence-electron chi connectivity index (χ1n) is 6.75. The molecule has 102 valence electrons. The SMILES string of the molecule is Cc1c(-c2ccccc2)nn2nc3ccccc3c2c1Br. The Balaban J connectivity index is 2.12. The zero-order valence-corrected chi connectivity index (χ0v) is 13.0. The van der Waals surface area contributed by atoms with Gasteiger partial charge in [-0.15, -0.1) is 14.8 Å². The average Bonchev–Trinajstić information content (AvgIpc) is 2.90. The molecule has 0 amide bonds. The largest absolute Gasteiger partial charge is 0.150 e. The first-order chi connectivity index (χ1) is 10.3. The minimum absolute atomic E-state index is 0.947. The molecule has 2 aromatic carbocycles. The number of benzene rings is 2. The summed E-state index contributed by atoms with van der Waals surface area (Å²) in [5.41, 5.74) is 5.14. The van der Waals surface area contributed by atoms with Crippen LogP contribution in [0.25, 0.3) is 27.7 Å². The van der Waals surface area contributed by atoms with Crippen LogP contribution in [0.1, 0.15) is 5.56 Å². The van der Waals surface area contributed by atoms with E-state index in [0.29, 0.717) is 0 Å². The molecule has 0 aliphatic carbocycles. The predicted octanol–water partition coefficient (Wildman–Crippen LogP) is 4.62. The maximum Gasteiger partial charge on any atom is 0.110 e. The molecule has 0 bridgehead atoms. The maximum absolute atomic E-state index is 4.72. The Labute approximate surface area is 130 Å². The van der Waals surface area contributed by atoms with Gasteiger partial charge >= 0.3 is 0 Å².